The van der Waals surface area contributed by atoms with Crippen molar-refractivity contribution in [1.82, 2.24) is 4.31 Å². The molecule has 0 aliphatic heterocycles. The van der Waals surface area contributed by atoms with E-state index < -0.39 is 16.0 Å². The fourth-order valence-corrected chi connectivity index (χ4v) is 4.05. The van der Waals surface area contributed by atoms with Gasteiger partial charge < -0.3 is 19.3 Å². The lowest BCUT2D eigenvalue weighted by molar-refractivity contribution is 0.00919. The Morgan fingerprint density at radius 1 is 0.929 bits per heavy atom. The first-order valence-electron chi connectivity index (χ1n) is 9.51. The molecule has 0 aliphatic rings. The molecule has 0 amide bonds. The summed E-state index contributed by atoms with van der Waals surface area (Å²) in [5.74, 6) is -0.539. The quantitative estimate of drug-likeness (QED) is 0.342. The zero-order valence-electron chi connectivity index (χ0n) is 16.6. The predicted molar refractivity (Wildman–Crippen MR) is 105 cm³/mol. The first-order valence-corrected chi connectivity index (χ1v) is 10.9. The van der Waals surface area contributed by atoms with Crippen LogP contribution in [0.15, 0.2) is 29.2 Å². The standard InChI is InChI=1S/C19H31NO7S/c1-3-9-20(10-4-2)28(23,24)18-7-5-17(6-8-18)19(22)27-16-15-26-14-13-25-12-11-21/h5-8,21H,3-4,9-16H2,1-2H3. The van der Waals surface area contributed by atoms with Crippen molar-refractivity contribution in [2.45, 2.75) is 31.6 Å². The van der Waals surface area contributed by atoms with Crippen molar-refractivity contribution < 1.29 is 32.5 Å². The molecule has 160 valence electrons. The van der Waals surface area contributed by atoms with Gasteiger partial charge in [-0.25, -0.2) is 13.2 Å². The number of hydrogen-bond donors (Lipinski definition) is 1. The molecular formula is C19H31NO7S. The highest BCUT2D eigenvalue weighted by atomic mass is 32.2. The average molecular weight is 418 g/mol. The lowest BCUT2D eigenvalue weighted by Gasteiger charge is -2.21. The predicted octanol–water partition coefficient (Wildman–Crippen LogP) is 1.68. The van der Waals surface area contributed by atoms with E-state index in [2.05, 4.69) is 0 Å². The van der Waals surface area contributed by atoms with Crippen molar-refractivity contribution in [3.05, 3.63) is 29.8 Å². The Bertz CT molecular complexity index is 655. The summed E-state index contributed by atoms with van der Waals surface area (Å²) in [5.41, 5.74) is 0.280. The molecule has 28 heavy (non-hydrogen) atoms. The Kier molecular flexibility index (Phi) is 11.9. The van der Waals surface area contributed by atoms with Gasteiger partial charge >= 0.3 is 5.97 Å². The zero-order valence-corrected chi connectivity index (χ0v) is 17.4. The summed E-state index contributed by atoms with van der Waals surface area (Å²) >= 11 is 0. The second-order valence-electron chi connectivity index (χ2n) is 6.01. The van der Waals surface area contributed by atoms with Crippen molar-refractivity contribution in [3.8, 4) is 0 Å². The van der Waals surface area contributed by atoms with Crippen LogP contribution >= 0.6 is 0 Å². The van der Waals surface area contributed by atoms with Crippen LogP contribution in [0, 0.1) is 0 Å². The highest BCUT2D eigenvalue weighted by Crippen LogP contribution is 2.17. The summed E-state index contributed by atoms with van der Waals surface area (Å²) in [7, 11) is -3.57. The van der Waals surface area contributed by atoms with E-state index in [-0.39, 0.29) is 36.9 Å². The number of hydrogen-bond acceptors (Lipinski definition) is 7. The van der Waals surface area contributed by atoms with Gasteiger partial charge in [0, 0.05) is 13.1 Å². The van der Waals surface area contributed by atoms with Gasteiger partial charge in [-0.2, -0.15) is 4.31 Å². The summed E-state index contributed by atoms with van der Waals surface area (Å²) in [6.45, 7) is 6.03. The smallest absolute Gasteiger partial charge is 0.338 e. The first kappa shape index (κ1) is 24.5. The molecule has 9 heteroatoms. The van der Waals surface area contributed by atoms with Crippen molar-refractivity contribution in [2.24, 2.45) is 0 Å². The molecule has 1 aromatic rings. The Labute approximate surface area is 167 Å². The van der Waals surface area contributed by atoms with Crippen LogP contribution in [-0.2, 0) is 24.2 Å². The summed E-state index contributed by atoms with van der Waals surface area (Å²) in [6.07, 6.45) is 1.47. The molecule has 0 unspecified atom stereocenters. The third-order valence-corrected chi connectivity index (χ3v) is 5.66. The van der Waals surface area contributed by atoms with E-state index in [0.717, 1.165) is 12.8 Å². The highest BCUT2D eigenvalue weighted by molar-refractivity contribution is 7.89. The molecule has 0 saturated heterocycles. The fourth-order valence-electron chi connectivity index (χ4n) is 2.43. The van der Waals surface area contributed by atoms with Crippen LogP contribution in [0.3, 0.4) is 0 Å². The maximum absolute atomic E-state index is 12.7. The fraction of sp³-hybridized carbons (Fsp3) is 0.632. The molecule has 0 heterocycles. The summed E-state index contributed by atoms with van der Waals surface area (Å²) in [5, 5.41) is 8.55. The Hall–Kier alpha value is -1.52. The number of rotatable bonds is 15. The van der Waals surface area contributed by atoms with Crippen molar-refractivity contribution in [3.63, 3.8) is 0 Å². The van der Waals surface area contributed by atoms with Crippen molar-refractivity contribution in [1.29, 1.82) is 0 Å². The number of aliphatic hydroxyl groups excluding tert-OH is 1. The van der Waals surface area contributed by atoms with E-state index in [4.69, 9.17) is 19.3 Å². The van der Waals surface area contributed by atoms with Crippen molar-refractivity contribution >= 4 is 16.0 Å². The number of sulfonamides is 1. The maximum Gasteiger partial charge on any atom is 0.338 e. The molecule has 0 radical (unpaired) electrons. The molecule has 1 rings (SSSR count). The monoisotopic (exact) mass is 417 g/mol. The van der Waals surface area contributed by atoms with Crippen LogP contribution in [0.2, 0.25) is 0 Å². The van der Waals surface area contributed by atoms with Gasteiger partial charge in [0.25, 0.3) is 0 Å². The Balaban J connectivity index is 2.51. The van der Waals surface area contributed by atoms with Crippen LogP contribution in [0.1, 0.15) is 37.0 Å². The maximum atomic E-state index is 12.7. The van der Waals surface area contributed by atoms with Gasteiger partial charge in [-0.3, -0.25) is 0 Å². The number of aliphatic hydroxyl groups is 1. The molecule has 0 aliphatic carbocycles. The van der Waals surface area contributed by atoms with Crippen LogP contribution in [0.25, 0.3) is 0 Å². The Morgan fingerprint density at radius 3 is 2.00 bits per heavy atom. The summed E-state index contributed by atoms with van der Waals surface area (Å²) < 4.78 is 42.2. The third-order valence-electron chi connectivity index (χ3n) is 3.74. The molecule has 0 bridgehead atoms. The van der Waals surface area contributed by atoms with Gasteiger partial charge in [0.15, 0.2) is 0 Å². The van der Waals surface area contributed by atoms with Crippen LogP contribution in [0.4, 0.5) is 0 Å². The van der Waals surface area contributed by atoms with Crippen LogP contribution < -0.4 is 0 Å². The minimum Gasteiger partial charge on any atom is -0.460 e. The van der Waals surface area contributed by atoms with E-state index in [1.54, 1.807) is 0 Å². The lowest BCUT2D eigenvalue weighted by Crippen LogP contribution is -2.32. The van der Waals surface area contributed by atoms with E-state index in [1.165, 1.54) is 28.6 Å². The molecule has 0 spiro atoms. The molecule has 8 nitrogen and oxygen atoms in total. The lowest BCUT2D eigenvalue weighted by atomic mass is 10.2. The van der Waals surface area contributed by atoms with Gasteiger partial charge in [0.1, 0.15) is 6.61 Å². The second-order valence-corrected chi connectivity index (χ2v) is 7.95. The number of esters is 1. The van der Waals surface area contributed by atoms with Crippen LogP contribution in [-0.4, -0.2) is 76.5 Å². The molecule has 0 saturated carbocycles. The zero-order chi connectivity index (χ0) is 20.8. The summed E-state index contributed by atoms with van der Waals surface area (Å²) in [4.78, 5) is 12.2. The second kappa shape index (κ2) is 13.6. The molecule has 0 aromatic heterocycles. The number of nitrogens with zero attached hydrogens (tertiary/aromatic N) is 1. The topological polar surface area (TPSA) is 102 Å². The normalized spacial score (nSPS) is 11.7. The minimum absolute atomic E-state index is 0.0348. The van der Waals surface area contributed by atoms with Crippen molar-refractivity contribution in [2.75, 3.05) is 52.7 Å². The van der Waals surface area contributed by atoms with Crippen LogP contribution in [0.5, 0.6) is 0 Å². The first-order chi connectivity index (χ1) is 13.5. The largest absolute Gasteiger partial charge is 0.460 e. The molecule has 0 atom stereocenters. The minimum atomic E-state index is -3.57. The molecular weight excluding hydrogens is 386 g/mol. The molecule has 0 fully saturated rings. The van der Waals surface area contributed by atoms with Gasteiger partial charge in [0.2, 0.25) is 10.0 Å². The highest BCUT2D eigenvalue weighted by Gasteiger charge is 2.23. The number of benzene rings is 1. The van der Waals surface area contributed by atoms with Gasteiger partial charge in [-0.1, -0.05) is 13.8 Å². The van der Waals surface area contributed by atoms with Gasteiger partial charge in [-0.15, -0.1) is 0 Å². The van der Waals surface area contributed by atoms with Gasteiger partial charge in [-0.05, 0) is 37.1 Å². The van der Waals surface area contributed by atoms with E-state index >= 15 is 0 Å². The van der Waals surface area contributed by atoms with E-state index in [1.807, 2.05) is 13.8 Å². The molecule has 1 N–H and O–H groups in total. The third kappa shape index (κ3) is 8.24. The SMILES string of the molecule is CCCN(CCC)S(=O)(=O)c1ccc(C(=O)OCCOCCOCCO)cc1. The average Bonchev–Trinajstić information content (AvgIpc) is 2.69. The molecule has 1 aromatic carbocycles. The van der Waals surface area contributed by atoms with Gasteiger partial charge in [0.05, 0.1) is 43.5 Å². The summed E-state index contributed by atoms with van der Waals surface area (Å²) in [6, 6.07) is 5.77. The van der Waals surface area contributed by atoms with E-state index in [0.29, 0.717) is 26.3 Å². The number of carbonyl (C=O) groups is 1. The number of carbonyl (C=O) groups excluding carboxylic acids is 1. The Morgan fingerprint density at radius 2 is 1.46 bits per heavy atom. The number of ether oxygens (including phenoxy) is 3. The van der Waals surface area contributed by atoms with E-state index in [9.17, 15) is 13.2 Å².